The summed E-state index contributed by atoms with van der Waals surface area (Å²) >= 11 is 0. The molecule has 1 atom stereocenters. The van der Waals surface area contributed by atoms with E-state index in [1.54, 1.807) is 18.5 Å². The quantitative estimate of drug-likeness (QED) is 0.772. The summed E-state index contributed by atoms with van der Waals surface area (Å²) in [7, 11) is 1.37. The first-order valence-electron chi connectivity index (χ1n) is 5.97. The minimum Gasteiger partial charge on any atom is -0.492 e. The van der Waals surface area contributed by atoms with Gasteiger partial charge in [0.25, 0.3) is 0 Å². The second-order valence-corrected chi connectivity index (χ2v) is 3.99. The molecule has 0 spiro atoms. The van der Waals surface area contributed by atoms with E-state index in [1.165, 1.54) is 7.11 Å². The van der Waals surface area contributed by atoms with Crippen LogP contribution < -0.4 is 4.74 Å². The number of ether oxygens (including phenoxy) is 2. The highest BCUT2D eigenvalue weighted by Gasteiger charge is 2.22. The van der Waals surface area contributed by atoms with Gasteiger partial charge in [-0.2, -0.15) is 0 Å². The molecule has 0 aliphatic rings. The van der Waals surface area contributed by atoms with Crippen molar-refractivity contribution in [1.82, 2.24) is 4.98 Å². The van der Waals surface area contributed by atoms with E-state index in [1.807, 2.05) is 36.4 Å². The molecule has 4 heteroatoms. The van der Waals surface area contributed by atoms with Gasteiger partial charge in [0, 0.05) is 12.4 Å². The van der Waals surface area contributed by atoms with Gasteiger partial charge in [-0.15, -0.1) is 0 Å². The molecule has 1 unspecified atom stereocenters. The van der Waals surface area contributed by atoms with Crippen molar-refractivity contribution < 1.29 is 14.3 Å². The van der Waals surface area contributed by atoms with Crippen molar-refractivity contribution >= 4 is 5.97 Å². The lowest BCUT2D eigenvalue weighted by atomic mass is 10.0. The summed E-state index contributed by atoms with van der Waals surface area (Å²) in [5.41, 5.74) is 0.783. The summed E-state index contributed by atoms with van der Waals surface area (Å²) in [4.78, 5) is 15.8. The van der Waals surface area contributed by atoms with Crippen molar-refractivity contribution in [2.24, 2.45) is 0 Å². The molecule has 0 aliphatic carbocycles. The average Bonchev–Trinajstić information content (AvgIpc) is 2.49. The molecule has 2 aromatic rings. The second kappa shape index (κ2) is 6.54. The fourth-order valence-corrected chi connectivity index (χ4v) is 1.72. The number of carbonyl (C=O) groups is 1. The van der Waals surface area contributed by atoms with Gasteiger partial charge in [0.15, 0.2) is 0 Å². The lowest BCUT2D eigenvalue weighted by molar-refractivity contribution is -0.143. The molecule has 2 rings (SSSR count). The van der Waals surface area contributed by atoms with Crippen molar-refractivity contribution in [3.63, 3.8) is 0 Å². The SMILES string of the molecule is COC(=O)C(COc1ccccc1)c1cccnc1. The number of hydrogen-bond donors (Lipinski definition) is 0. The zero-order valence-electron chi connectivity index (χ0n) is 10.7. The lowest BCUT2D eigenvalue weighted by Gasteiger charge is -2.15. The Kier molecular flexibility index (Phi) is 4.50. The van der Waals surface area contributed by atoms with Gasteiger partial charge in [-0.3, -0.25) is 9.78 Å². The number of aromatic nitrogens is 1. The molecule has 98 valence electrons. The molecule has 0 N–H and O–H groups in total. The number of nitrogens with zero attached hydrogens (tertiary/aromatic N) is 1. The molecule has 1 heterocycles. The van der Waals surface area contributed by atoms with Crippen LogP contribution in [0.4, 0.5) is 0 Å². The van der Waals surface area contributed by atoms with Crippen LogP contribution in [-0.2, 0) is 9.53 Å². The highest BCUT2D eigenvalue weighted by atomic mass is 16.5. The summed E-state index contributed by atoms with van der Waals surface area (Å²) in [5.74, 6) is -0.0804. The fraction of sp³-hybridized carbons (Fsp3) is 0.200. The maximum Gasteiger partial charge on any atom is 0.316 e. The number of benzene rings is 1. The molecule has 19 heavy (non-hydrogen) atoms. The number of methoxy groups -OCH3 is 1. The molecule has 0 radical (unpaired) electrons. The predicted molar refractivity (Wildman–Crippen MR) is 70.9 cm³/mol. The van der Waals surface area contributed by atoms with E-state index in [9.17, 15) is 4.79 Å². The van der Waals surface area contributed by atoms with Gasteiger partial charge in [0.1, 0.15) is 18.3 Å². The van der Waals surface area contributed by atoms with Gasteiger partial charge in [0.05, 0.1) is 7.11 Å². The number of hydrogen-bond acceptors (Lipinski definition) is 4. The third-order valence-corrected chi connectivity index (χ3v) is 2.73. The number of carbonyl (C=O) groups excluding carboxylic acids is 1. The average molecular weight is 257 g/mol. The van der Waals surface area contributed by atoms with E-state index in [4.69, 9.17) is 9.47 Å². The first kappa shape index (κ1) is 13.1. The largest absolute Gasteiger partial charge is 0.492 e. The molecule has 0 saturated carbocycles. The minimum absolute atomic E-state index is 0.225. The van der Waals surface area contributed by atoms with Crippen LogP contribution in [0.5, 0.6) is 5.75 Å². The number of para-hydroxylation sites is 1. The molecule has 1 aromatic carbocycles. The molecule has 0 fully saturated rings. The van der Waals surface area contributed by atoms with Crippen LogP contribution in [0, 0.1) is 0 Å². The third-order valence-electron chi connectivity index (χ3n) is 2.73. The molecule has 1 aromatic heterocycles. The van der Waals surface area contributed by atoms with E-state index in [0.717, 1.165) is 11.3 Å². The van der Waals surface area contributed by atoms with Crippen LogP contribution in [0.3, 0.4) is 0 Å². The smallest absolute Gasteiger partial charge is 0.316 e. The van der Waals surface area contributed by atoms with Crippen molar-refractivity contribution in [2.75, 3.05) is 13.7 Å². The number of pyridine rings is 1. The molecule has 0 amide bonds. The van der Waals surface area contributed by atoms with E-state index in [0.29, 0.717) is 0 Å². The van der Waals surface area contributed by atoms with E-state index < -0.39 is 5.92 Å². The van der Waals surface area contributed by atoms with Gasteiger partial charge in [-0.05, 0) is 23.8 Å². The summed E-state index contributed by atoms with van der Waals surface area (Å²) in [6.45, 7) is 0.225. The summed E-state index contributed by atoms with van der Waals surface area (Å²) in [5, 5.41) is 0. The zero-order chi connectivity index (χ0) is 13.5. The Morgan fingerprint density at radius 2 is 2.00 bits per heavy atom. The van der Waals surface area contributed by atoms with Gasteiger partial charge in [-0.25, -0.2) is 0 Å². The molecule has 0 saturated heterocycles. The van der Waals surface area contributed by atoms with Crippen molar-refractivity contribution in [1.29, 1.82) is 0 Å². The standard InChI is InChI=1S/C15H15NO3/c1-18-15(17)14(12-6-5-9-16-10-12)11-19-13-7-3-2-4-8-13/h2-10,14H,11H2,1H3. The summed E-state index contributed by atoms with van der Waals surface area (Å²) in [6.07, 6.45) is 3.31. The monoisotopic (exact) mass is 257 g/mol. The third kappa shape index (κ3) is 3.55. The number of esters is 1. The highest BCUT2D eigenvalue weighted by molar-refractivity contribution is 5.78. The molecular formula is C15H15NO3. The Labute approximate surface area is 112 Å². The topological polar surface area (TPSA) is 48.4 Å². The molecule has 0 aliphatic heterocycles. The van der Waals surface area contributed by atoms with E-state index in [2.05, 4.69) is 4.98 Å². The first-order valence-corrected chi connectivity index (χ1v) is 5.97. The van der Waals surface area contributed by atoms with Crippen LogP contribution in [0.1, 0.15) is 11.5 Å². The highest BCUT2D eigenvalue weighted by Crippen LogP contribution is 2.18. The van der Waals surface area contributed by atoms with Gasteiger partial charge in [0.2, 0.25) is 0 Å². The minimum atomic E-state index is -0.473. The Morgan fingerprint density at radius 1 is 1.21 bits per heavy atom. The van der Waals surface area contributed by atoms with Crippen molar-refractivity contribution in [3.8, 4) is 5.75 Å². The van der Waals surface area contributed by atoms with Crippen LogP contribution in [-0.4, -0.2) is 24.7 Å². The Hall–Kier alpha value is -2.36. The van der Waals surface area contributed by atoms with Crippen LogP contribution >= 0.6 is 0 Å². The maximum atomic E-state index is 11.8. The van der Waals surface area contributed by atoms with Gasteiger partial charge < -0.3 is 9.47 Å². The second-order valence-electron chi connectivity index (χ2n) is 3.99. The maximum absolute atomic E-state index is 11.8. The number of rotatable bonds is 5. The van der Waals surface area contributed by atoms with Gasteiger partial charge >= 0.3 is 5.97 Å². The Bertz CT molecular complexity index is 513. The van der Waals surface area contributed by atoms with E-state index >= 15 is 0 Å². The van der Waals surface area contributed by atoms with Crippen molar-refractivity contribution in [3.05, 3.63) is 60.4 Å². The van der Waals surface area contributed by atoms with Crippen molar-refractivity contribution in [2.45, 2.75) is 5.92 Å². The predicted octanol–water partition coefficient (Wildman–Crippen LogP) is 2.42. The normalized spacial score (nSPS) is 11.6. The fourth-order valence-electron chi connectivity index (χ4n) is 1.72. The first-order chi connectivity index (χ1) is 9.31. The van der Waals surface area contributed by atoms with E-state index in [-0.39, 0.29) is 12.6 Å². The van der Waals surface area contributed by atoms with Crippen LogP contribution in [0.2, 0.25) is 0 Å². The Balaban J connectivity index is 2.09. The summed E-state index contributed by atoms with van der Waals surface area (Å²) in [6, 6.07) is 13.0. The molecular weight excluding hydrogens is 242 g/mol. The lowest BCUT2D eigenvalue weighted by Crippen LogP contribution is -2.21. The summed E-state index contributed by atoms with van der Waals surface area (Å²) < 4.78 is 10.4. The molecule has 0 bridgehead atoms. The Morgan fingerprint density at radius 3 is 2.63 bits per heavy atom. The van der Waals surface area contributed by atoms with Crippen LogP contribution in [0.15, 0.2) is 54.9 Å². The van der Waals surface area contributed by atoms with Crippen LogP contribution in [0.25, 0.3) is 0 Å². The van der Waals surface area contributed by atoms with Gasteiger partial charge in [-0.1, -0.05) is 24.3 Å². The zero-order valence-corrected chi connectivity index (χ0v) is 10.7. The molecule has 4 nitrogen and oxygen atoms in total.